The lowest BCUT2D eigenvalue weighted by molar-refractivity contribution is -0.384. The topological polar surface area (TPSA) is 93.5 Å². The first-order valence-corrected chi connectivity index (χ1v) is 7.33. The van der Waals surface area contributed by atoms with Crippen molar-refractivity contribution in [3.05, 3.63) is 34.4 Å². The zero-order valence-corrected chi connectivity index (χ0v) is 13.9. The second-order valence-electron chi connectivity index (χ2n) is 5.88. The van der Waals surface area contributed by atoms with Crippen LogP contribution >= 0.6 is 12.4 Å². The van der Waals surface area contributed by atoms with Gasteiger partial charge in [-0.05, 0) is 43.5 Å². The Balaban J connectivity index is 0.00000264. The molecule has 1 aliphatic rings. The minimum Gasteiger partial charge on any atom is -0.484 e. The van der Waals surface area contributed by atoms with Crippen molar-refractivity contribution in [2.24, 2.45) is 5.41 Å². The van der Waals surface area contributed by atoms with Gasteiger partial charge in [0.05, 0.1) is 4.92 Å². The van der Waals surface area contributed by atoms with Crippen LogP contribution in [0.2, 0.25) is 0 Å². The quantitative estimate of drug-likeness (QED) is 0.607. The van der Waals surface area contributed by atoms with Gasteiger partial charge in [0, 0.05) is 18.7 Å². The minimum absolute atomic E-state index is 0. The zero-order valence-electron chi connectivity index (χ0n) is 13.0. The number of nitro groups is 1. The van der Waals surface area contributed by atoms with Gasteiger partial charge in [0.25, 0.3) is 11.6 Å². The summed E-state index contributed by atoms with van der Waals surface area (Å²) in [5.74, 6) is 0.256. The SMILES string of the molecule is CC1(CNC(=O)COc2ccc([N+](=O)[O-])cc2)CCNCC1.Cl. The standard InChI is InChI=1S/C15H21N3O4.ClH/c1-15(6-8-16-9-7-15)11-17-14(19)10-22-13-4-2-12(3-5-13)18(20)21;/h2-5,16H,6-11H2,1H3,(H,17,19);1H. The fourth-order valence-corrected chi connectivity index (χ4v) is 2.38. The molecule has 0 saturated carbocycles. The highest BCUT2D eigenvalue weighted by molar-refractivity contribution is 5.85. The molecule has 1 aromatic rings. The number of rotatable bonds is 6. The number of piperidine rings is 1. The van der Waals surface area contributed by atoms with Gasteiger partial charge >= 0.3 is 0 Å². The Morgan fingerprint density at radius 1 is 1.35 bits per heavy atom. The van der Waals surface area contributed by atoms with E-state index in [4.69, 9.17) is 4.74 Å². The van der Waals surface area contributed by atoms with E-state index < -0.39 is 4.92 Å². The van der Waals surface area contributed by atoms with Gasteiger partial charge in [-0.1, -0.05) is 6.92 Å². The molecule has 0 bridgehead atoms. The average Bonchev–Trinajstić information content (AvgIpc) is 2.52. The maximum absolute atomic E-state index is 11.8. The van der Waals surface area contributed by atoms with E-state index in [-0.39, 0.29) is 36.0 Å². The second-order valence-corrected chi connectivity index (χ2v) is 5.88. The number of carbonyl (C=O) groups is 1. The predicted molar refractivity (Wildman–Crippen MR) is 89.1 cm³/mol. The Morgan fingerprint density at radius 2 is 1.96 bits per heavy atom. The predicted octanol–water partition coefficient (Wildman–Crippen LogP) is 1.90. The van der Waals surface area contributed by atoms with Crippen molar-refractivity contribution in [2.75, 3.05) is 26.2 Å². The molecule has 23 heavy (non-hydrogen) atoms. The lowest BCUT2D eigenvalue weighted by Gasteiger charge is -2.34. The summed E-state index contributed by atoms with van der Waals surface area (Å²) in [5, 5.41) is 16.7. The fourth-order valence-electron chi connectivity index (χ4n) is 2.38. The molecule has 2 rings (SSSR count). The Morgan fingerprint density at radius 3 is 2.52 bits per heavy atom. The first-order chi connectivity index (χ1) is 10.5. The molecule has 1 fully saturated rings. The molecular weight excluding hydrogens is 322 g/mol. The summed E-state index contributed by atoms with van der Waals surface area (Å²) in [6.07, 6.45) is 2.08. The molecule has 0 unspecified atom stereocenters. The van der Waals surface area contributed by atoms with Crippen LogP contribution in [0.5, 0.6) is 5.75 Å². The number of hydrogen-bond acceptors (Lipinski definition) is 5. The Bertz CT molecular complexity index is 530. The van der Waals surface area contributed by atoms with E-state index in [1.165, 1.54) is 24.3 Å². The number of benzene rings is 1. The van der Waals surface area contributed by atoms with Gasteiger partial charge in [-0.25, -0.2) is 0 Å². The van der Waals surface area contributed by atoms with E-state index in [9.17, 15) is 14.9 Å². The highest BCUT2D eigenvalue weighted by Gasteiger charge is 2.26. The van der Waals surface area contributed by atoms with E-state index in [2.05, 4.69) is 17.6 Å². The summed E-state index contributed by atoms with van der Waals surface area (Å²) >= 11 is 0. The van der Waals surface area contributed by atoms with Crippen LogP contribution in [0, 0.1) is 15.5 Å². The molecule has 1 aromatic carbocycles. The van der Waals surface area contributed by atoms with Crippen LogP contribution in [0.3, 0.4) is 0 Å². The molecular formula is C15H22ClN3O4. The van der Waals surface area contributed by atoms with Gasteiger partial charge in [0.1, 0.15) is 5.75 Å². The molecule has 0 spiro atoms. The lowest BCUT2D eigenvalue weighted by Crippen LogP contribution is -2.43. The van der Waals surface area contributed by atoms with Crippen LogP contribution in [0.4, 0.5) is 5.69 Å². The smallest absolute Gasteiger partial charge is 0.269 e. The molecule has 1 amide bonds. The van der Waals surface area contributed by atoms with Crippen molar-refractivity contribution in [1.82, 2.24) is 10.6 Å². The number of nitrogens with one attached hydrogen (secondary N) is 2. The van der Waals surface area contributed by atoms with Gasteiger partial charge < -0.3 is 15.4 Å². The largest absolute Gasteiger partial charge is 0.484 e. The monoisotopic (exact) mass is 343 g/mol. The number of hydrogen-bond donors (Lipinski definition) is 2. The highest BCUT2D eigenvalue weighted by Crippen LogP contribution is 2.26. The van der Waals surface area contributed by atoms with Crippen molar-refractivity contribution in [3.8, 4) is 5.75 Å². The van der Waals surface area contributed by atoms with Crippen LogP contribution in [-0.2, 0) is 4.79 Å². The van der Waals surface area contributed by atoms with Crippen molar-refractivity contribution in [3.63, 3.8) is 0 Å². The van der Waals surface area contributed by atoms with Crippen molar-refractivity contribution in [1.29, 1.82) is 0 Å². The molecule has 0 aliphatic carbocycles. The molecule has 128 valence electrons. The summed E-state index contributed by atoms with van der Waals surface area (Å²) in [4.78, 5) is 21.9. The summed E-state index contributed by atoms with van der Waals surface area (Å²) in [5.41, 5.74) is 0.129. The zero-order chi connectivity index (χ0) is 16.0. The average molecular weight is 344 g/mol. The maximum Gasteiger partial charge on any atom is 0.269 e. The van der Waals surface area contributed by atoms with E-state index in [0.29, 0.717) is 12.3 Å². The molecule has 1 saturated heterocycles. The third-order valence-corrected chi connectivity index (χ3v) is 3.94. The number of non-ortho nitro benzene ring substituents is 1. The van der Waals surface area contributed by atoms with Crippen molar-refractivity contribution in [2.45, 2.75) is 19.8 Å². The van der Waals surface area contributed by atoms with Gasteiger partial charge in [0.15, 0.2) is 6.61 Å². The fraction of sp³-hybridized carbons (Fsp3) is 0.533. The first kappa shape index (κ1) is 19.2. The summed E-state index contributed by atoms with van der Waals surface area (Å²) in [6, 6.07) is 5.67. The van der Waals surface area contributed by atoms with Crippen molar-refractivity contribution < 1.29 is 14.5 Å². The summed E-state index contributed by atoms with van der Waals surface area (Å²) in [6.45, 7) is 4.67. The van der Waals surface area contributed by atoms with Crippen LogP contribution in [-0.4, -0.2) is 37.1 Å². The van der Waals surface area contributed by atoms with Crippen molar-refractivity contribution >= 4 is 24.0 Å². The number of halogens is 1. The van der Waals surface area contributed by atoms with Crippen LogP contribution < -0.4 is 15.4 Å². The van der Waals surface area contributed by atoms with Crippen LogP contribution in [0.25, 0.3) is 0 Å². The molecule has 1 heterocycles. The van der Waals surface area contributed by atoms with E-state index in [1.807, 2.05) is 0 Å². The Kier molecular flexibility index (Phi) is 7.25. The van der Waals surface area contributed by atoms with E-state index >= 15 is 0 Å². The molecule has 1 aliphatic heterocycles. The van der Waals surface area contributed by atoms with Gasteiger partial charge in [-0.3, -0.25) is 14.9 Å². The molecule has 0 radical (unpaired) electrons. The molecule has 8 heteroatoms. The van der Waals surface area contributed by atoms with E-state index in [1.54, 1.807) is 0 Å². The Labute approximate surface area is 141 Å². The third kappa shape index (κ3) is 6.03. The minimum atomic E-state index is -0.476. The van der Waals surface area contributed by atoms with Gasteiger partial charge in [-0.2, -0.15) is 0 Å². The third-order valence-electron chi connectivity index (χ3n) is 3.94. The Hall–Kier alpha value is -1.86. The molecule has 7 nitrogen and oxygen atoms in total. The molecule has 0 aromatic heterocycles. The second kappa shape index (κ2) is 8.69. The van der Waals surface area contributed by atoms with Gasteiger partial charge in [0.2, 0.25) is 0 Å². The molecule has 0 atom stereocenters. The number of carbonyl (C=O) groups excluding carboxylic acids is 1. The van der Waals surface area contributed by atoms with E-state index in [0.717, 1.165) is 25.9 Å². The first-order valence-electron chi connectivity index (χ1n) is 7.33. The maximum atomic E-state index is 11.8. The number of nitrogens with zero attached hydrogens (tertiary/aromatic N) is 1. The van der Waals surface area contributed by atoms with Gasteiger partial charge in [-0.15, -0.1) is 12.4 Å². The summed E-state index contributed by atoms with van der Waals surface area (Å²) < 4.78 is 5.33. The number of amides is 1. The van der Waals surface area contributed by atoms with Crippen LogP contribution in [0.15, 0.2) is 24.3 Å². The number of nitro benzene ring substituents is 1. The molecule has 2 N–H and O–H groups in total. The lowest BCUT2D eigenvalue weighted by atomic mass is 9.81. The normalized spacial score (nSPS) is 16.0. The van der Waals surface area contributed by atoms with Crippen LogP contribution in [0.1, 0.15) is 19.8 Å². The number of ether oxygens (including phenoxy) is 1. The highest BCUT2D eigenvalue weighted by atomic mass is 35.5. The summed E-state index contributed by atoms with van der Waals surface area (Å²) in [7, 11) is 0.